The van der Waals surface area contributed by atoms with Gasteiger partial charge in [-0.3, -0.25) is 5.10 Å². The summed E-state index contributed by atoms with van der Waals surface area (Å²) >= 11 is 6.65. The Kier molecular flexibility index (Phi) is 4.23. The fourth-order valence-electron chi connectivity index (χ4n) is 1.55. The maximum Gasteiger partial charge on any atom is 0.195 e. The Morgan fingerprint density at radius 2 is 2.06 bits per heavy atom. The van der Waals surface area contributed by atoms with Crippen LogP contribution in [0.2, 0.25) is 0 Å². The fourth-order valence-corrected chi connectivity index (χ4v) is 2.74. The van der Waals surface area contributed by atoms with Gasteiger partial charge in [0.05, 0.1) is 23.8 Å². The van der Waals surface area contributed by atoms with Crippen molar-refractivity contribution >= 4 is 23.6 Å². The number of rotatable bonds is 5. The van der Waals surface area contributed by atoms with Gasteiger partial charge in [0, 0.05) is 21.3 Å². The van der Waals surface area contributed by atoms with Crippen molar-refractivity contribution in [3.05, 3.63) is 15.5 Å². The number of ether oxygens (including phenoxy) is 2. The third kappa shape index (κ3) is 2.51. The SMILES string of the molecule is COCc1nc(COC)c(-c2n[nH]c(=S)n2C)s1. The third-order valence-corrected chi connectivity index (χ3v) is 3.81. The first kappa shape index (κ1) is 13.3. The number of thiazole rings is 1. The number of methoxy groups -OCH3 is 2. The van der Waals surface area contributed by atoms with Crippen LogP contribution in [0.15, 0.2) is 0 Å². The molecular formula is C10H14N4O2S2. The van der Waals surface area contributed by atoms with Crippen molar-refractivity contribution in [1.82, 2.24) is 19.7 Å². The van der Waals surface area contributed by atoms with E-state index in [0.717, 1.165) is 21.4 Å². The molecule has 0 spiro atoms. The molecule has 1 N–H and O–H groups in total. The van der Waals surface area contributed by atoms with Gasteiger partial charge in [-0.05, 0) is 12.2 Å². The van der Waals surface area contributed by atoms with E-state index in [2.05, 4.69) is 15.2 Å². The summed E-state index contributed by atoms with van der Waals surface area (Å²) in [5, 5.41) is 7.89. The van der Waals surface area contributed by atoms with E-state index in [1.54, 1.807) is 14.2 Å². The Labute approximate surface area is 114 Å². The van der Waals surface area contributed by atoms with Crippen LogP contribution in [0.3, 0.4) is 0 Å². The molecular weight excluding hydrogens is 272 g/mol. The number of hydrogen-bond acceptors (Lipinski definition) is 6. The van der Waals surface area contributed by atoms with E-state index in [9.17, 15) is 0 Å². The molecule has 0 bridgehead atoms. The lowest BCUT2D eigenvalue weighted by Crippen LogP contribution is -1.96. The molecule has 2 aromatic rings. The molecule has 0 radical (unpaired) electrons. The second kappa shape index (κ2) is 5.70. The lowest BCUT2D eigenvalue weighted by atomic mass is 10.3. The summed E-state index contributed by atoms with van der Waals surface area (Å²) in [5.41, 5.74) is 0.853. The third-order valence-electron chi connectivity index (χ3n) is 2.37. The number of H-pyrrole nitrogens is 1. The Morgan fingerprint density at radius 3 is 2.61 bits per heavy atom. The van der Waals surface area contributed by atoms with Gasteiger partial charge in [-0.2, -0.15) is 5.10 Å². The Bertz CT molecular complexity index is 587. The van der Waals surface area contributed by atoms with Crippen molar-refractivity contribution in [1.29, 1.82) is 0 Å². The highest BCUT2D eigenvalue weighted by Gasteiger charge is 2.17. The largest absolute Gasteiger partial charge is 0.378 e. The minimum Gasteiger partial charge on any atom is -0.378 e. The first-order chi connectivity index (χ1) is 8.67. The van der Waals surface area contributed by atoms with Crippen LogP contribution in [0, 0.1) is 4.77 Å². The van der Waals surface area contributed by atoms with E-state index in [0.29, 0.717) is 18.0 Å². The highest BCUT2D eigenvalue weighted by molar-refractivity contribution is 7.71. The quantitative estimate of drug-likeness (QED) is 0.850. The standard InChI is InChI=1S/C10H14N4O2S2/c1-14-9(12-13-10(14)17)8-6(4-15-2)11-7(18-8)5-16-3/h4-5H2,1-3H3,(H,13,17). The minimum absolute atomic E-state index is 0.440. The molecule has 0 unspecified atom stereocenters. The number of hydrogen-bond donors (Lipinski definition) is 1. The summed E-state index contributed by atoms with van der Waals surface area (Å²) in [7, 11) is 5.16. The molecule has 2 heterocycles. The Balaban J connectivity index is 2.47. The Hall–Kier alpha value is -1.09. The smallest absolute Gasteiger partial charge is 0.195 e. The van der Waals surface area contributed by atoms with Gasteiger partial charge in [0.15, 0.2) is 10.6 Å². The number of aromatic amines is 1. The van der Waals surface area contributed by atoms with E-state index in [1.165, 1.54) is 11.3 Å². The van der Waals surface area contributed by atoms with E-state index in [4.69, 9.17) is 21.7 Å². The maximum atomic E-state index is 5.16. The van der Waals surface area contributed by atoms with Crippen molar-refractivity contribution in [2.45, 2.75) is 13.2 Å². The predicted molar refractivity (Wildman–Crippen MR) is 70.9 cm³/mol. The topological polar surface area (TPSA) is 65.0 Å². The van der Waals surface area contributed by atoms with Gasteiger partial charge >= 0.3 is 0 Å². The first-order valence-electron chi connectivity index (χ1n) is 5.25. The lowest BCUT2D eigenvalue weighted by molar-refractivity contribution is 0.176. The molecule has 0 saturated heterocycles. The Morgan fingerprint density at radius 1 is 1.33 bits per heavy atom. The van der Waals surface area contributed by atoms with Crippen molar-refractivity contribution in [2.24, 2.45) is 7.05 Å². The van der Waals surface area contributed by atoms with Crippen molar-refractivity contribution < 1.29 is 9.47 Å². The monoisotopic (exact) mass is 286 g/mol. The molecule has 0 aliphatic heterocycles. The summed E-state index contributed by atoms with van der Waals surface area (Å²) in [4.78, 5) is 5.44. The lowest BCUT2D eigenvalue weighted by Gasteiger charge is -2.00. The zero-order chi connectivity index (χ0) is 13.1. The van der Waals surface area contributed by atoms with Crippen LogP contribution in [-0.4, -0.2) is 34.0 Å². The van der Waals surface area contributed by atoms with Crippen LogP contribution in [0.25, 0.3) is 10.7 Å². The molecule has 2 aromatic heterocycles. The molecule has 0 amide bonds. The summed E-state index contributed by atoms with van der Waals surface area (Å²) in [6, 6.07) is 0. The van der Waals surface area contributed by atoms with Crippen LogP contribution in [0.4, 0.5) is 0 Å². The molecule has 0 atom stereocenters. The van der Waals surface area contributed by atoms with Crippen molar-refractivity contribution in [3.63, 3.8) is 0 Å². The normalized spacial score (nSPS) is 11.1. The molecule has 18 heavy (non-hydrogen) atoms. The van der Waals surface area contributed by atoms with Gasteiger partial charge in [0.1, 0.15) is 5.01 Å². The van der Waals surface area contributed by atoms with Gasteiger partial charge < -0.3 is 14.0 Å². The van der Waals surface area contributed by atoms with Gasteiger partial charge in [-0.1, -0.05) is 0 Å². The highest BCUT2D eigenvalue weighted by atomic mass is 32.1. The second-order valence-corrected chi connectivity index (χ2v) is 5.13. The van der Waals surface area contributed by atoms with E-state index in [1.807, 2.05) is 11.6 Å². The summed E-state index contributed by atoms with van der Waals surface area (Å²) in [6.45, 7) is 0.922. The molecule has 0 aliphatic carbocycles. The molecule has 0 aliphatic rings. The second-order valence-electron chi connectivity index (χ2n) is 3.66. The minimum atomic E-state index is 0.440. The van der Waals surface area contributed by atoms with Crippen LogP contribution in [0.1, 0.15) is 10.7 Å². The average molecular weight is 286 g/mol. The first-order valence-corrected chi connectivity index (χ1v) is 6.48. The van der Waals surface area contributed by atoms with Crippen LogP contribution in [-0.2, 0) is 29.7 Å². The van der Waals surface area contributed by atoms with Gasteiger partial charge in [-0.15, -0.1) is 11.3 Å². The van der Waals surface area contributed by atoms with Crippen molar-refractivity contribution in [3.8, 4) is 10.7 Å². The average Bonchev–Trinajstić information content (AvgIpc) is 2.86. The van der Waals surface area contributed by atoms with E-state index >= 15 is 0 Å². The predicted octanol–water partition coefficient (Wildman–Crippen LogP) is 1.89. The van der Waals surface area contributed by atoms with Gasteiger partial charge in [-0.25, -0.2) is 4.98 Å². The van der Waals surface area contributed by atoms with Gasteiger partial charge in [0.25, 0.3) is 0 Å². The van der Waals surface area contributed by atoms with E-state index < -0.39 is 0 Å². The molecule has 0 saturated carbocycles. The summed E-state index contributed by atoms with van der Waals surface area (Å²) in [5.74, 6) is 0.770. The highest BCUT2D eigenvalue weighted by Crippen LogP contribution is 2.29. The van der Waals surface area contributed by atoms with E-state index in [-0.39, 0.29) is 0 Å². The molecule has 6 nitrogen and oxygen atoms in total. The maximum absolute atomic E-state index is 5.16. The molecule has 0 fully saturated rings. The number of nitrogens with one attached hydrogen (secondary N) is 1. The molecule has 8 heteroatoms. The fraction of sp³-hybridized carbons (Fsp3) is 0.500. The van der Waals surface area contributed by atoms with Gasteiger partial charge in [0.2, 0.25) is 0 Å². The van der Waals surface area contributed by atoms with Crippen LogP contribution < -0.4 is 0 Å². The van der Waals surface area contributed by atoms with Crippen molar-refractivity contribution in [2.75, 3.05) is 14.2 Å². The number of nitrogens with zero attached hydrogens (tertiary/aromatic N) is 3. The van der Waals surface area contributed by atoms with Crippen LogP contribution in [0.5, 0.6) is 0 Å². The number of aromatic nitrogens is 4. The van der Waals surface area contributed by atoms with Crippen LogP contribution >= 0.6 is 23.6 Å². The zero-order valence-corrected chi connectivity index (χ0v) is 12.0. The zero-order valence-electron chi connectivity index (χ0n) is 10.4. The molecule has 98 valence electrons. The summed E-state index contributed by atoms with van der Waals surface area (Å²) in [6.07, 6.45) is 0. The molecule has 2 rings (SSSR count). The molecule has 0 aromatic carbocycles. The summed E-state index contributed by atoms with van der Waals surface area (Å²) < 4.78 is 12.7.